The highest BCUT2D eigenvalue weighted by atomic mass is 32.2. The summed E-state index contributed by atoms with van der Waals surface area (Å²) in [4.78, 5) is 12.8. The van der Waals surface area contributed by atoms with Crippen molar-refractivity contribution in [2.45, 2.75) is 24.0 Å². The van der Waals surface area contributed by atoms with Gasteiger partial charge in [0.2, 0.25) is 5.91 Å². The highest BCUT2D eigenvalue weighted by Crippen LogP contribution is 2.34. The summed E-state index contributed by atoms with van der Waals surface area (Å²) in [6.45, 7) is 0. The molecule has 3 aromatic rings. The number of rotatable bonds is 5. The minimum Gasteiger partial charge on any atom is -0.346 e. The van der Waals surface area contributed by atoms with Crippen molar-refractivity contribution in [1.82, 2.24) is 14.3 Å². The molecular formula is C19H20N4OS. The van der Waals surface area contributed by atoms with E-state index in [0.29, 0.717) is 6.42 Å². The van der Waals surface area contributed by atoms with Gasteiger partial charge in [0.15, 0.2) is 0 Å². The molecule has 1 atom stereocenters. The molecule has 1 N–H and O–H groups in total. The van der Waals surface area contributed by atoms with E-state index in [1.54, 1.807) is 4.68 Å². The Hall–Kier alpha value is -2.47. The fraction of sp³-hybridized carbons (Fsp3) is 0.263. The number of thioether (sulfide) groups is 1. The summed E-state index contributed by atoms with van der Waals surface area (Å²) < 4.78 is 3.87. The van der Waals surface area contributed by atoms with Crippen LogP contribution in [0.2, 0.25) is 0 Å². The number of hydrogen-bond acceptors (Lipinski definition) is 3. The molecule has 0 aliphatic carbocycles. The van der Waals surface area contributed by atoms with Crippen molar-refractivity contribution < 1.29 is 4.79 Å². The van der Waals surface area contributed by atoms with Gasteiger partial charge in [0, 0.05) is 36.5 Å². The normalized spacial score (nSPS) is 14.3. The first kappa shape index (κ1) is 16.0. The lowest BCUT2D eigenvalue weighted by Gasteiger charge is -2.19. The van der Waals surface area contributed by atoms with Gasteiger partial charge in [-0.05, 0) is 17.7 Å². The predicted octanol–water partition coefficient (Wildman–Crippen LogP) is 3.59. The van der Waals surface area contributed by atoms with Crippen molar-refractivity contribution >= 4 is 23.5 Å². The minimum absolute atomic E-state index is 0.00486. The molecule has 1 aromatic carbocycles. The second-order valence-electron chi connectivity index (χ2n) is 6.20. The van der Waals surface area contributed by atoms with E-state index in [4.69, 9.17) is 0 Å². The van der Waals surface area contributed by atoms with Gasteiger partial charge >= 0.3 is 0 Å². The summed E-state index contributed by atoms with van der Waals surface area (Å²) in [7, 11) is 1.89. The van der Waals surface area contributed by atoms with E-state index in [9.17, 15) is 4.79 Å². The lowest BCUT2D eigenvalue weighted by molar-refractivity contribution is -0.116. The van der Waals surface area contributed by atoms with Crippen LogP contribution in [0.15, 0.2) is 54.9 Å². The van der Waals surface area contributed by atoms with Crippen LogP contribution in [0, 0.1) is 0 Å². The summed E-state index contributed by atoms with van der Waals surface area (Å²) in [5.41, 5.74) is 3.38. The standard InChI is InChI=1S/C19H20N4OS/c1-22-19(15-12-25-13-16(15)21-22)20-18(24)11-17(23-9-5-6-10-23)14-7-3-2-4-8-14/h2-10,17H,11-13H2,1H3,(H,20,24)/t17-/m0/s1. The molecule has 128 valence electrons. The lowest BCUT2D eigenvalue weighted by Crippen LogP contribution is -2.21. The molecule has 1 amide bonds. The molecule has 1 aliphatic heterocycles. The van der Waals surface area contributed by atoms with Crippen molar-refractivity contribution in [2.24, 2.45) is 7.05 Å². The molecule has 6 heteroatoms. The van der Waals surface area contributed by atoms with Gasteiger partial charge in [-0.25, -0.2) is 0 Å². The van der Waals surface area contributed by atoms with Crippen molar-refractivity contribution in [3.05, 3.63) is 71.7 Å². The van der Waals surface area contributed by atoms with Crippen LogP contribution in [-0.4, -0.2) is 20.3 Å². The first-order chi connectivity index (χ1) is 12.2. The quantitative estimate of drug-likeness (QED) is 0.763. The Bertz CT molecular complexity index is 870. The molecule has 0 saturated heterocycles. The van der Waals surface area contributed by atoms with Crippen LogP contribution in [0.5, 0.6) is 0 Å². The number of amides is 1. The molecular weight excluding hydrogens is 332 g/mol. The summed E-state index contributed by atoms with van der Waals surface area (Å²) in [6.07, 6.45) is 4.39. The van der Waals surface area contributed by atoms with Gasteiger partial charge in [0.1, 0.15) is 5.82 Å². The molecule has 0 spiro atoms. The Kier molecular flexibility index (Phi) is 4.36. The minimum atomic E-state index is -0.0214. The maximum Gasteiger partial charge on any atom is 0.227 e. The molecule has 2 aromatic heterocycles. The second-order valence-corrected chi connectivity index (χ2v) is 7.18. The number of aromatic nitrogens is 3. The lowest BCUT2D eigenvalue weighted by atomic mass is 10.0. The zero-order valence-corrected chi connectivity index (χ0v) is 14.9. The van der Waals surface area contributed by atoms with Crippen LogP contribution in [0.25, 0.3) is 0 Å². The third-order valence-corrected chi connectivity index (χ3v) is 5.49. The van der Waals surface area contributed by atoms with Crippen LogP contribution >= 0.6 is 11.8 Å². The molecule has 25 heavy (non-hydrogen) atoms. The number of carbonyl (C=O) groups is 1. The highest BCUT2D eigenvalue weighted by Gasteiger charge is 2.24. The topological polar surface area (TPSA) is 51.9 Å². The molecule has 4 rings (SSSR count). The number of benzene rings is 1. The van der Waals surface area contributed by atoms with Crippen LogP contribution in [-0.2, 0) is 23.3 Å². The fourth-order valence-corrected chi connectivity index (χ4v) is 4.32. The molecule has 3 heterocycles. The summed E-state index contributed by atoms with van der Waals surface area (Å²) in [5.74, 6) is 2.68. The zero-order valence-electron chi connectivity index (χ0n) is 14.1. The number of carbonyl (C=O) groups excluding carboxylic acids is 1. The van der Waals surface area contributed by atoms with Crippen LogP contribution in [0.1, 0.15) is 29.3 Å². The Morgan fingerprint density at radius 3 is 2.72 bits per heavy atom. The smallest absolute Gasteiger partial charge is 0.227 e. The molecule has 0 saturated carbocycles. The largest absolute Gasteiger partial charge is 0.346 e. The van der Waals surface area contributed by atoms with Crippen LogP contribution in [0.3, 0.4) is 0 Å². The third kappa shape index (κ3) is 3.22. The average molecular weight is 352 g/mol. The Morgan fingerprint density at radius 2 is 1.96 bits per heavy atom. The van der Waals surface area contributed by atoms with E-state index in [2.05, 4.69) is 27.1 Å². The van der Waals surface area contributed by atoms with E-state index >= 15 is 0 Å². The molecule has 5 nitrogen and oxygen atoms in total. The van der Waals surface area contributed by atoms with E-state index in [0.717, 1.165) is 34.1 Å². The van der Waals surface area contributed by atoms with Crippen molar-refractivity contribution in [1.29, 1.82) is 0 Å². The summed E-state index contributed by atoms with van der Waals surface area (Å²) in [5, 5.41) is 7.59. The van der Waals surface area contributed by atoms with E-state index in [1.807, 2.05) is 61.5 Å². The molecule has 0 radical (unpaired) electrons. The van der Waals surface area contributed by atoms with Crippen LogP contribution in [0.4, 0.5) is 5.82 Å². The van der Waals surface area contributed by atoms with Gasteiger partial charge in [-0.2, -0.15) is 16.9 Å². The van der Waals surface area contributed by atoms with Gasteiger partial charge in [0.05, 0.1) is 18.2 Å². The number of nitrogens with one attached hydrogen (secondary N) is 1. The Labute approximate surface area is 151 Å². The van der Waals surface area contributed by atoms with E-state index in [1.165, 1.54) is 0 Å². The second kappa shape index (κ2) is 6.80. The Balaban J connectivity index is 1.56. The number of anilines is 1. The molecule has 1 aliphatic rings. The van der Waals surface area contributed by atoms with Crippen molar-refractivity contribution in [2.75, 3.05) is 5.32 Å². The molecule has 0 bridgehead atoms. The number of aryl methyl sites for hydroxylation is 1. The SMILES string of the molecule is Cn1nc2c(c1NC(=O)C[C@@H](c1ccccc1)n1cccc1)CSC2. The maximum atomic E-state index is 12.8. The Morgan fingerprint density at radius 1 is 1.20 bits per heavy atom. The van der Waals surface area contributed by atoms with Crippen molar-refractivity contribution in [3.8, 4) is 0 Å². The van der Waals surface area contributed by atoms with Crippen LogP contribution < -0.4 is 5.32 Å². The zero-order chi connectivity index (χ0) is 17.2. The van der Waals surface area contributed by atoms with Gasteiger partial charge in [-0.3, -0.25) is 9.48 Å². The monoisotopic (exact) mass is 352 g/mol. The summed E-state index contributed by atoms with van der Waals surface area (Å²) >= 11 is 1.84. The number of nitrogens with zero attached hydrogens (tertiary/aromatic N) is 3. The van der Waals surface area contributed by atoms with E-state index in [-0.39, 0.29) is 11.9 Å². The highest BCUT2D eigenvalue weighted by molar-refractivity contribution is 7.98. The van der Waals surface area contributed by atoms with E-state index < -0.39 is 0 Å². The van der Waals surface area contributed by atoms with Gasteiger partial charge in [-0.1, -0.05) is 30.3 Å². The van der Waals surface area contributed by atoms with Gasteiger partial charge < -0.3 is 9.88 Å². The average Bonchev–Trinajstić information content (AvgIpc) is 3.34. The first-order valence-corrected chi connectivity index (χ1v) is 9.47. The number of fused-ring (bicyclic) bond motifs is 1. The van der Waals surface area contributed by atoms with Crippen molar-refractivity contribution in [3.63, 3.8) is 0 Å². The third-order valence-electron chi connectivity index (χ3n) is 4.52. The predicted molar refractivity (Wildman–Crippen MR) is 100 cm³/mol. The molecule has 0 unspecified atom stereocenters. The number of hydrogen-bond donors (Lipinski definition) is 1. The van der Waals surface area contributed by atoms with Gasteiger partial charge in [0.25, 0.3) is 0 Å². The first-order valence-electron chi connectivity index (χ1n) is 8.32. The van der Waals surface area contributed by atoms with Gasteiger partial charge in [-0.15, -0.1) is 0 Å². The molecule has 0 fully saturated rings. The maximum absolute atomic E-state index is 12.8. The summed E-state index contributed by atoms with van der Waals surface area (Å²) in [6, 6.07) is 14.1. The fourth-order valence-electron chi connectivity index (χ4n) is 3.28.